The topological polar surface area (TPSA) is 131 Å². The van der Waals surface area contributed by atoms with E-state index in [1.54, 1.807) is 19.3 Å². The highest BCUT2D eigenvalue weighted by molar-refractivity contribution is 7.19. The third kappa shape index (κ3) is 5.62. The molecule has 3 aromatic heterocycles. The molecule has 1 amide bonds. The van der Waals surface area contributed by atoms with Crippen LogP contribution in [-0.4, -0.2) is 56.5 Å². The van der Waals surface area contributed by atoms with Crippen molar-refractivity contribution >= 4 is 45.2 Å². The number of carboxylic acid groups (broad SMARTS) is 1. The molecule has 0 radical (unpaired) electrons. The number of thiazole rings is 1. The average Bonchev–Trinajstić information content (AvgIpc) is 3.38. The number of amides is 1. The number of carbonyl (C=O) groups is 2. The fourth-order valence-corrected chi connectivity index (χ4v) is 4.55. The second-order valence-corrected chi connectivity index (χ2v) is 8.48. The molecule has 0 saturated carbocycles. The number of rotatable bonds is 5. The van der Waals surface area contributed by atoms with E-state index < -0.39 is 0 Å². The number of hydrogen-bond donors (Lipinski definition) is 2. The number of carbonyl (C=O) groups excluding carboxylic acids is 1. The maximum absolute atomic E-state index is 11.2. The van der Waals surface area contributed by atoms with Gasteiger partial charge in [0.25, 0.3) is 11.7 Å². The molecule has 0 aliphatic carbocycles. The van der Waals surface area contributed by atoms with Crippen molar-refractivity contribution in [3.05, 3.63) is 42.4 Å². The van der Waals surface area contributed by atoms with E-state index in [9.17, 15) is 4.79 Å². The van der Waals surface area contributed by atoms with Gasteiger partial charge in [-0.05, 0) is 25.0 Å². The van der Waals surface area contributed by atoms with Gasteiger partial charge in [-0.15, -0.1) is 0 Å². The summed E-state index contributed by atoms with van der Waals surface area (Å²) in [6, 6.07) is 6.12. The van der Waals surface area contributed by atoms with Gasteiger partial charge in [-0.3, -0.25) is 14.5 Å². The molecule has 1 saturated heterocycles. The Balaban J connectivity index is 0.000000821. The van der Waals surface area contributed by atoms with Crippen molar-refractivity contribution in [1.82, 2.24) is 25.2 Å². The first-order valence-corrected chi connectivity index (χ1v) is 11.2. The minimum Gasteiger partial charge on any atom is -0.483 e. The van der Waals surface area contributed by atoms with E-state index in [4.69, 9.17) is 19.1 Å². The lowest BCUT2D eigenvalue weighted by molar-refractivity contribution is -0.123. The molecule has 4 heterocycles. The zero-order valence-corrected chi connectivity index (χ0v) is 18.7. The number of likely N-dealkylation sites (tertiary alicyclic amines) is 1. The lowest BCUT2D eigenvalue weighted by atomic mass is 10.0. The number of nitrogens with zero attached hydrogens (tertiary/aromatic N) is 4. The number of fused-ring (bicyclic) bond motifs is 2. The van der Waals surface area contributed by atoms with Crippen LogP contribution in [0.15, 0.2) is 41.3 Å². The third-order valence-corrected chi connectivity index (χ3v) is 6.08. The first kappa shape index (κ1) is 22.6. The lowest BCUT2D eigenvalue weighted by Crippen LogP contribution is -2.43. The van der Waals surface area contributed by atoms with Gasteiger partial charge in [0.05, 0.1) is 6.26 Å². The monoisotopic (exact) mass is 469 g/mol. The summed E-state index contributed by atoms with van der Waals surface area (Å²) >= 11 is 1.36. The van der Waals surface area contributed by atoms with E-state index in [-0.39, 0.29) is 18.4 Å². The maximum Gasteiger partial charge on any atom is 0.290 e. The number of hydrogen-bond acceptors (Lipinski definition) is 9. The summed E-state index contributed by atoms with van der Waals surface area (Å²) < 4.78 is 11.7. The predicted octanol–water partition coefficient (Wildman–Crippen LogP) is 3.43. The Morgan fingerprint density at radius 1 is 1.33 bits per heavy atom. The van der Waals surface area contributed by atoms with Gasteiger partial charge >= 0.3 is 0 Å². The molecular formula is C22H23N5O5S. The molecular weight excluding hydrogens is 446 g/mol. The molecule has 5 rings (SSSR count). The van der Waals surface area contributed by atoms with Crippen molar-refractivity contribution in [3.63, 3.8) is 0 Å². The van der Waals surface area contributed by atoms with E-state index in [0.29, 0.717) is 16.6 Å². The molecule has 0 unspecified atom stereocenters. The summed E-state index contributed by atoms with van der Waals surface area (Å²) in [5, 5.41) is 11.5. The fraction of sp³-hybridized carbons (Fsp3) is 0.318. The van der Waals surface area contributed by atoms with Gasteiger partial charge in [-0.25, -0.2) is 9.97 Å². The van der Waals surface area contributed by atoms with Gasteiger partial charge in [0, 0.05) is 62.0 Å². The Morgan fingerprint density at radius 3 is 2.82 bits per heavy atom. The van der Waals surface area contributed by atoms with Gasteiger partial charge in [0.15, 0.2) is 10.5 Å². The van der Waals surface area contributed by atoms with Crippen LogP contribution in [-0.2, 0) is 16.1 Å². The number of benzene rings is 1. The maximum atomic E-state index is 11.2. The second kappa shape index (κ2) is 10.4. The minimum atomic E-state index is -0.250. The highest BCUT2D eigenvalue weighted by Gasteiger charge is 2.21. The van der Waals surface area contributed by atoms with E-state index in [2.05, 4.69) is 25.2 Å². The van der Waals surface area contributed by atoms with Crippen molar-refractivity contribution in [2.45, 2.75) is 32.4 Å². The number of furan rings is 1. The Hall–Kier alpha value is -3.57. The lowest BCUT2D eigenvalue weighted by Gasteiger charge is -2.31. The van der Waals surface area contributed by atoms with Gasteiger partial charge in [-0.2, -0.15) is 4.98 Å². The summed E-state index contributed by atoms with van der Waals surface area (Å²) in [6.45, 7) is 4.07. The molecule has 0 atom stereocenters. The van der Waals surface area contributed by atoms with Crippen LogP contribution >= 0.6 is 11.3 Å². The molecule has 10 nitrogen and oxygen atoms in total. The van der Waals surface area contributed by atoms with Crippen LogP contribution in [0.4, 0.5) is 0 Å². The van der Waals surface area contributed by atoms with E-state index in [0.717, 1.165) is 53.8 Å². The number of piperidine rings is 1. The van der Waals surface area contributed by atoms with Crippen molar-refractivity contribution in [1.29, 1.82) is 0 Å². The standard InChI is InChI=1S/C21H21N5O3S.CH2O2/c1-13(27)24-15-4-8-26(9-5-15)11-14-12-28-18-10-16(2-3-17(14)18)29-21-25-19-20(30-21)23-7-6-22-19;2-1-3/h2-3,6-7,10,12,15H,4-5,8-9,11H2,1H3,(H,24,27);1H,(H,2,3). The Kier molecular flexibility index (Phi) is 7.10. The van der Waals surface area contributed by atoms with Crippen LogP contribution in [0.5, 0.6) is 10.9 Å². The summed E-state index contributed by atoms with van der Waals surface area (Å²) in [5.74, 6) is 0.712. The molecule has 1 fully saturated rings. The molecule has 0 spiro atoms. The molecule has 0 bridgehead atoms. The van der Waals surface area contributed by atoms with Crippen molar-refractivity contribution in [2.24, 2.45) is 0 Å². The Morgan fingerprint density at radius 2 is 2.09 bits per heavy atom. The van der Waals surface area contributed by atoms with Crippen LogP contribution in [0.2, 0.25) is 0 Å². The van der Waals surface area contributed by atoms with Crippen LogP contribution in [0.3, 0.4) is 0 Å². The van der Waals surface area contributed by atoms with Crippen LogP contribution < -0.4 is 10.1 Å². The predicted molar refractivity (Wildman–Crippen MR) is 122 cm³/mol. The van der Waals surface area contributed by atoms with Gasteiger partial charge in [-0.1, -0.05) is 11.3 Å². The first-order valence-electron chi connectivity index (χ1n) is 10.4. The SMILES string of the molecule is CC(=O)NC1CCN(Cc2coc3cc(Oc4nc5nccnc5s4)ccc23)CC1.O=CO. The van der Waals surface area contributed by atoms with Crippen molar-refractivity contribution < 1.29 is 23.8 Å². The Labute approximate surface area is 193 Å². The average molecular weight is 470 g/mol. The van der Waals surface area contributed by atoms with E-state index in [1.165, 1.54) is 11.3 Å². The van der Waals surface area contributed by atoms with Gasteiger partial charge < -0.3 is 19.6 Å². The molecule has 1 aliphatic heterocycles. The van der Waals surface area contributed by atoms with E-state index >= 15 is 0 Å². The molecule has 1 aromatic carbocycles. The second-order valence-electron chi connectivity index (χ2n) is 7.54. The van der Waals surface area contributed by atoms with Crippen molar-refractivity contribution in [3.8, 4) is 10.9 Å². The highest BCUT2D eigenvalue weighted by atomic mass is 32.1. The zero-order chi connectivity index (χ0) is 23.2. The summed E-state index contributed by atoms with van der Waals surface area (Å²) in [6.07, 6.45) is 7.02. The molecule has 172 valence electrons. The normalized spacial score (nSPS) is 14.6. The number of aromatic nitrogens is 3. The quantitative estimate of drug-likeness (QED) is 0.422. The van der Waals surface area contributed by atoms with Gasteiger partial charge in [0.1, 0.15) is 11.3 Å². The zero-order valence-electron chi connectivity index (χ0n) is 17.9. The molecule has 11 heteroatoms. The van der Waals surface area contributed by atoms with Crippen LogP contribution in [0, 0.1) is 0 Å². The van der Waals surface area contributed by atoms with Gasteiger partial charge in [0.2, 0.25) is 5.91 Å². The third-order valence-electron chi connectivity index (χ3n) is 5.25. The molecule has 33 heavy (non-hydrogen) atoms. The smallest absolute Gasteiger partial charge is 0.290 e. The number of nitrogens with one attached hydrogen (secondary N) is 1. The summed E-state index contributed by atoms with van der Waals surface area (Å²) in [5.41, 5.74) is 2.53. The summed E-state index contributed by atoms with van der Waals surface area (Å²) in [7, 11) is 0. The summed E-state index contributed by atoms with van der Waals surface area (Å²) in [4.78, 5) is 35.5. The van der Waals surface area contributed by atoms with Crippen molar-refractivity contribution in [2.75, 3.05) is 13.1 Å². The van der Waals surface area contributed by atoms with E-state index in [1.807, 2.05) is 24.5 Å². The van der Waals surface area contributed by atoms with Crippen LogP contribution in [0.1, 0.15) is 25.3 Å². The number of ether oxygens (including phenoxy) is 1. The highest BCUT2D eigenvalue weighted by Crippen LogP contribution is 2.32. The minimum absolute atomic E-state index is 0.0469. The fourth-order valence-electron chi connectivity index (χ4n) is 3.82. The first-order chi connectivity index (χ1) is 16.1. The molecule has 4 aromatic rings. The Bertz CT molecular complexity index is 1220. The molecule has 2 N–H and O–H groups in total. The van der Waals surface area contributed by atoms with Crippen LogP contribution in [0.25, 0.3) is 21.4 Å². The largest absolute Gasteiger partial charge is 0.483 e. The molecule has 1 aliphatic rings.